The monoisotopic (exact) mass is 256 g/mol. The van der Waals surface area contributed by atoms with Crippen LogP contribution in [-0.2, 0) is 14.9 Å². The van der Waals surface area contributed by atoms with Crippen molar-refractivity contribution < 1.29 is 9.53 Å². The summed E-state index contributed by atoms with van der Waals surface area (Å²) in [5.41, 5.74) is 1.66. The van der Waals surface area contributed by atoms with E-state index >= 15 is 0 Å². The van der Waals surface area contributed by atoms with Gasteiger partial charge in [-0.2, -0.15) is 0 Å². The highest BCUT2D eigenvalue weighted by atomic mass is 16.5. The molecule has 0 saturated heterocycles. The second kappa shape index (κ2) is 3.59. The summed E-state index contributed by atoms with van der Waals surface area (Å²) >= 11 is 0. The second-order valence-corrected chi connectivity index (χ2v) is 5.60. The van der Waals surface area contributed by atoms with Gasteiger partial charge in [-0.05, 0) is 37.8 Å². The number of ether oxygens (including phenoxy) is 1. The van der Waals surface area contributed by atoms with E-state index in [2.05, 4.69) is 10.6 Å². The van der Waals surface area contributed by atoms with Crippen molar-refractivity contribution in [2.45, 2.75) is 37.1 Å². The van der Waals surface area contributed by atoms with E-state index in [1.165, 1.54) is 20.0 Å². The molecular formula is C15H16N2O2. The van der Waals surface area contributed by atoms with Crippen LogP contribution < -0.4 is 0 Å². The largest absolute Gasteiger partial charge is 0.468 e. The normalized spacial score (nSPS) is 20.5. The van der Waals surface area contributed by atoms with Crippen LogP contribution in [0.15, 0.2) is 24.3 Å². The predicted octanol–water partition coefficient (Wildman–Crippen LogP) is 2.58. The molecule has 19 heavy (non-hydrogen) atoms. The molecule has 0 radical (unpaired) electrons. The summed E-state index contributed by atoms with van der Waals surface area (Å²) in [6, 6.07) is 8.66. The van der Waals surface area contributed by atoms with Crippen LogP contribution in [0.25, 0.3) is 11.0 Å². The lowest BCUT2D eigenvalue weighted by atomic mass is 10.1. The van der Waals surface area contributed by atoms with Gasteiger partial charge in [0.25, 0.3) is 0 Å². The van der Waals surface area contributed by atoms with Gasteiger partial charge in [-0.1, -0.05) is 12.1 Å². The highest BCUT2D eigenvalue weighted by Gasteiger charge is 2.57. The molecule has 0 spiro atoms. The molecule has 2 aliphatic rings. The Morgan fingerprint density at radius 2 is 2.11 bits per heavy atom. The minimum Gasteiger partial charge on any atom is -0.468 e. The molecule has 1 heterocycles. The van der Waals surface area contributed by atoms with E-state index in [9.17, 15) is 4.79 Å². The number of rotatable bonds is 3. The summed E-state index contributed by atoms with van der Waals surface area (Å²) in [5, 5.41) is 0. The third-order valence-electron chi connectivity index (χ3n) is 4.26. The lowest BCUT2D eigenvalue weighted by Crippen LogP contribution is -2.26. The number of nitrogens with zero attached hydrogens (tertiary/aromatic N) is 2. The van der Waals surface area contributed by atoms with Gasteiger partial charge < -0.3 is 9.30 Å². The molecule has 4 heteroatoms. The minimum atomic E-state index is -0.476. The molecule has 2 aromatic rings. The molecular weight excluding hydrogens is 240 g/mol. The molecule has 98 valence electrons. The Morgan fingerprint density at radius 3 is 2.74 bits per heavy atom. The first-order chi connectivity index (χ1) is 9.26. The van der Waals surface area contributed by atoms with Crippen molar-refractivity contribution in [3.8, 4) is 0 Å². The van der Waals surface area contributed by atoms with Crippen LogP contribution in [0.1, 0.15) is 37.5 Å². The fraction of sp³-hybridized carbons (Fsp3) is 0.467. The number of para-hydroxylation sites is 2. The van der Waals surface area contributed by atoms with Crippen LogP contribution >= 0.6 is 0 Å². The number of esters is 1. The summed E-state index contributed by atoms with van der Waals surface area (Å²) in [5.74, 6) is 0.785. The first-order valence-electron chi connectivity index (χ1n) is 6.82. The van der Waals surface area contributed by atoms with E-state index in [0.29, 0.717) is 6.04 Å². The molecule has 0 unspecified atom stereocenters. The lowest BCUT2D eigenvalue weighted by Gasteiger charge is -2.14. The first kappa shape index (κ1) is 11.0. The Labute approximate surface area is 111 Å². The van der Waals surface area contributed by atoms with Crippen LogP contribution in [0.4, 0.5) is 0 Å². The molecule has 0 atom stereocenters. The Balaban J connectivity index is 1.94. The average Bonchev–Trinajstić information content (AvgIpc) is 3.35. The van der Waals surface area contributed by atoms with Crippen LogP contribution in [0.2, 0.25) is 0 Å². The molecule has 0 bridgehead atoms. The molecule has 1 aromatic carbocycles. The maximum Gasteiger partial charge on any atom is 0.319 e. The fourth-order valence-corrected chi connectivity index (χ4v) is 2.92. The number of carbonyl (C=O) groups is 1. The number of imidazole rings is 1. The maximum absolute atomic E-state index is 12.1. The van der Waals surface area contributed by atoms with Gasteiger partial charge in [0, 0.05) is 6.04 Å². The summed E-state index contributed by atoms with van der Waals surface area (Å²) in [6.07, 6.45) is 4.08. The van der Waals surface area contributed by atoms with Gasteiger partial charge in [-0.3, -0.25) is 4.79 Å². The zero-order valence-electron chi connectivity index (χ0n) is 10.9. The van der Waals surface area contributed by atoms with Crippen LogP contribution in [0.3, 0.4) is 0 Å². The maximum atomic E-state index is 12.1. The molecule has 0 aliphatic heterocycles. The Kier molecular flexibility index (Phi) is 2.08. The zero-order valence-corrected chi connectivity index (χ0v) is 10.9. The highest BCUT2D eigenvalue weighted by Crippen LogP contribution is 2.52. The quantitative estimate of drug-likeness (QED) is 0.793. The van der Waals surface area contributed by atoms with Gasteiger partial charge in [0.1, 0.15) is 11.2 Å². The summed E-state index contributed by atoms with van der Waals surface area (Å²) in [4.78, 5) is 16.8. The van der Waals surface area contributed by atoms with E-state index in [0.717, 1.165) is 29.7 Å². The number of methoxy groups -OCH3 is 1. The van der Waals surface area contributed by atoms with Gasteiger partial charge in [0.05, 0.1) is 18.1 Å². The van der Waals surface area contributed by atoms with Gasteiger partial charge in [-0.15, -0.1) is 0 Å². The van der Waals surface area contributed by atoms with Crippen molar-refractivity contribution in [2.75, 3.05) is 7.11 Å². The number of benzene rings is 1. The van der Waals surface area contributed by atoms with E-state index in [1.807, 2.05) is 18.2 Å². The predicted molar refractivity (Wildman–Crippen MR) is 70.9 cm³/mol. The van der Waals surface area contributed by atoms with Gasteiger partial charge >= 0.3 is 5.97 Å². The molecule has 4 nitrogen and oxygen atoms in total. The SMILES string of the molecule is COC(=O)C1(c2nc3ccccc3n2C2CC2)CC1. The average molecular weight is 256 g/mol. The van der Waals surface area contributed by atoms with E-state index < -0.39 is 5.41 Å². The standard InChI is InChI=1S/C15H16N2O2/c1-19-14(18)15(8-9-15)13-16-11-4-2-3-5-12(11)17(13)10-6-7-10/h2-5,10H,6-9H2,1H3. The number of aromatic nitrogens is 2. The summed E-state index contributed by atoms with van der Waals surface area (Å²) < 4.78 is 7.27. The molecule has 0 N–H and O–H groups in total. The van der Waals surface area contributed by atoms with Crippen LogP contribution in [-0.4, -0.2) is 22.6 Å². The van der Waals surface area contributed by atoms with Gasteiger partial charge in [-0.25, -0.2) is 4.98 Å². The summed E-state index contributed by atoms with van der Waals surface area (Å²) in [7, 11) is 1.46. The van der Waals surface area contributed by atoms with Gasteiger partial charge in [0.2, 0.25) is 0 Å². The third kappa shape index (κ3) is 1.46. The molecule has 0 amide bonds. The Bertz CT molecular complexity index is 666. The van der Waals surface area contributed by atoms with Crippen molar-refractivity contribution in [1.29, 1.82) is 0 Å². The molecule has 4 rings (SSSR count). The smallest absolute Gasteiger partial charge is 0.319 e. The number of fused-ring (bicyclic) bond motifs is 1. The Morgan fingerprint density at radius 1 is 1.37 bits per heavy atom. The summed E-state index contributed by atoms with van der Waals surface area (Å²) in [6.45, 7) is 0. The molecule has 2 saturated carbocycles. The Hall–Kier alpha value is -1.84. The number of hydrogen-bond acceptors (Lipinski definition) is 3. The van der Waals surface area contributed by atoms with Crippen LogP contribution in [0, 0.1) is 0 Å². The van der Waals surface area contributed by atoms with Crippen molar-refractivity contribution in [3.63, 3.8) is 0 Å². The third-order valence-corrected chi connectivity index (χ3v) is 4.26. The number of hydrogen-bond donors (Lipinski definition) is 0. The van der Waals surface area contributed by atoms with E-state index in [4.69, 9.17) is 9.72 Å². The molecule has 2 fully saturated rings. The van der Waals surface area contributed by atoms with Crippen molar-refractivity contribution in [3.05, 3.63) is 30.1 Å². The van der Waals surface area contributed by atoms with Crippen LogP contribution in [0.5, 0.6) is 0 Å². The second-order valence-electron chi connectivity index (χ2n) is 5.60. The fourth-order valence-electron chi connectivity index (χ4n) is 2.92. The first-order valence-corrected chi connectivity index (χ1v) is 6.82. The van der Waals surface area contributed by atoms with Crippen molar-refractivity contribution in [1.82, 2.24) is 9.55 Å². The highest BCUT2D eigenvalue weighted by molar-refractivity contribution is 5.87. The van der Waals surface area contributed by atoms with E-state index in [-0.39, 0.29) is 5.97 Å². The van der Waals surface area contributed by atoms with E-state index in [1.54, 1.807) is 0 Å². The lowest BCUT2D eigenvalue weighted by molar-refractivity contribution is -0.144. The zero-order chi connectivity index (χ0) is 13.0. The number of carbonyl (C=O) groups excluding carboxylic acids is 1. The topological polar surface area (TPSA) is 44.1 Å². The minimum absolute atomic E-state index is 0.135. The van der Waals surface area contributed by atoms with Gasteiger partial charge in [0.15, 0.2) is 0 Å². The van der Waals surface area contributed by atoms with Crippen molar-refractivity contribution in [2.24, 2.45) is 0 Å². The molecule has 1 aromatic heterocycles. The molecule has 2 aliphatic carbocycles. The van der Waals surface area contributed by atoms with Crippen molar-refractivity contribution >= 4 is 17.0 Å².